The number of nitro groups is 1. The van der Waals surface area contributed by atoms with E-state index < -0.39 is 4.92 Å². The summed E-state index contributed by atoms with van der Waals surface area (Å²) in [5.74, 6) is -0.0741. The third-order valence-corrected chi connectivity index (χ3v) is 2.80. The topological polar surface area (TPSA) is 120 Å². The highest BCUT2D eigenvalue weighted by Gasteiger charge is 2.09. The third kappa shape index (κ3) is 3.73. The number of rotatable bonds is 3. The smallest absolute Gasteiger partial charge is 0.270 e. The maximum Gasteiger partial charge on any atom is 0.270 e. The lowest BCUT2D eigenvalue weighted by Gasteiger charge is -1.96. The normalized spacial score (nSPS) is 9.47. The van der Waals surface area contributed by atoms with E-state index in [0.717, 1.165) is 0 Å². The largest absolute Gasteiger partial charge is 0.370 e. The number of benzene rings is 1. The number of nitro benzene ring substituents is 1. The number of halogens is 1. The van der Waals surface area contributed by atoms with Gasteiger partial charge in [0.1, 0.15) is 0 Å². The van der Waals surface area contributed by atoms with Gasteiger partial charge in [-0.3, -0.25) is 10.1 Å². The molecule has 0 aliphatic heterocycles. The summed E-state index contributed by atoms with van der Waals surface area (Å²) in [6.07, 6.45) is 0. The number of aromatic nitrogens is 1. The first-order valence-electron chi connectivity index (χ1n) is 4.86. The molecule has 100 valence electrons. The van der Waals surface area contributed by atoms with Crippen LogP contribution in [-0.2, 0) is 0 Å². The van der Waals surface area contributed by atoms with E-state index in [2.05, 4.69) is 9.98 Å². The van der Waals surface area contributed by atoms with Crippen LogP contribution in [0, 0.1) is 10.1 Å². The van der Waals surface area contributed by atoms with E-state index in [1.54, 1.807) is 17.5 Å². The van der Waals surface area contributed by atoms with Gasteiger partial charge in [0.2, 0.25) is 5.13 Å². The van der Waals surface area contributed by atoms with Crippen LogP contribution in [0.4, 0.5) is 10.8 Å². The molecule has 1 aromatic carbocycles. The maximum absolute atomic E-state index is 10.7. The minimum atomic E-state index is -0.452. The number of nitrogens with two attached hydrogens (primary N) is 2. The Labute approximate surface area is 122 Å². The van der Waals surface area contributed by atoms with Crippen molar-refractivity contribution in [2.45, 2.75) is 0 Å². The zero-order chi connectivity index (χ0) is 13.1. The fraction of sp³-hybridized carbons (Fsp3) is 0. The summed E-state index contributed by atoms with van der Waals surface area (Å²) in [5, 5.41) is 12.8. The van der Waals surface area contributed by atoms with E-state index in [1.165, 1.54) is 23.5 Å². The molecule has 0 atom stereocenters. The molecule has 0 saturated carbocycles. The van der Waals surface area contributed by atoms with Crippen LogP contribution in [0.5, 0.6) is 0 Å². The summed E-state index contributed by atoms with van der Waals surface area (Å²) in [6, 6.07) is 6.22. The number of hydrogen-bond acceptors (Lipinski definition) is 5. The third-order valence-electron chi connectivity index (χ3n) is 2.07. The molecule has 0 radical (unpaired) electrons. The first-order chi connectivity index (χ1) is 8.56. The molecule has 2 aromatic rings. The lowest BCUT2D eigenvalue weighted by Crippen LogP contribution is -2.21. The van der Waals surface area contributed by atoms with Gasteiger partial charge in [-0.1, -0.05) is 12.1 Å². The number of non-ortho nitro benzene ring substituents is 1. The van der Waals surface area contributed by atoms with Gasteiger partial charge in [0.05, 0.1) is 10.6 Å². The second-order valence-corrected chi connectivity index (χ2v) is 4.20. The molecule has 7 nitrogen and oxygen atoms in total. The second kappa shape index (κ2) is 6.25. The molecule has 2 rings (SSSR count). The van der Waals surface area contributed by atoms with Crippen LogP contribution < -0.4 is 11.5 Å². The Morgan fingerprint density at radius 3 is 2.79 bits per heavy atom. The molecule has 0 amide bonds. The van der Waals surface area contributed by atoms with Crippen LogP contribution in [0.2, 0.25) is 0 Å². The zero-order valence-corrected chi connectivity index (χ0v) is 12.0. The highest BCUT2D eigenvalue weighted by Crippen LogP contribution is 2.28. The van der Waals surface area contributed by atoms with Crippen molar-refractivity contribution in [2.75, 3.05) is 0 Å². The van der Waals surface area contributed by atoms with Gasteiger partial charge in [0.25, 0.3) is 5.69 Å². The average Bonchev–Trinajstić information content (AvgIpc) is 2.77. The van der Waals surface area contributed by atoms with Gasteiger partial charge in [-0.15, -0.1) is 28.3 Å². The van der Waals surface area contributed by atoms with Crippen molar-refractivity contribution < 1.29 is 4.92 Å². The monoisotopic (exact) mass is 343 g/mol. The van der Waals surface area contributed by atoms with Gasteiger partial charge in [0, 0.05) is 23.1 Å². The summed E-state index contributed by atoms with van der Waals surface area (Å²) in [4.78, 5) is 18.2. The zero-order valence-electron chi connectivity index (χ0n) is 9.52. The van der Waals surface area contributed by atoms with Crippen molar-refractivity contribution in [1.82, 2.24) is 4.98 Å². The van der Waals surface area contributed by atoms with Crippen LogP contribution in [0.25, 0.3) is 11.3 Å². The van der Waals surface area contributed by atoms with Gasteiger partial charge >= 0.3 is 0 Å². The molecule has 0 spiro atoms. The number of nitrogens with zero attached hydrogens (tertiary/aromatic N) is 3. The number of hydrogen-bond donors (Lipinski definition) is 2. The number of thiazole rings is 1. The molecule has 1 aromatic heterocycles. The quantitative estimate of drug-likeness (QED) is 0.383. The van der Waals surface area contributed by atoms with Gasteiger partial charge in [-0.25, -0.2) is 4.98 Å². The van der Waals surface area contributed by atoms with Gasteiger partial charge < -0.3 is 11.5 Å². The van der Waals surface area contributed by atoms with Crippen LogP contribution >= 0.6 is 28.3 Å². The first kappa shape index (κ1) is 15.1. The molecule has 9 heteroatoms. The van der Waals surface area contributed by atoms with E-state index in [9.17, 15) is 10.1 Å². The molecule has 4 N–H and O–H groups in total. The Balaban J connectivity index is 0.00000180. The first-order valence-corrected chi connectivity index (χ1v) is 5.74. The van der Waals surface area contributed by atoms with Crippen LogP contribution in [0.15, 0.2) is 34.6 Å². The Morgan fingerprint density at radius 1 is 1.42 bits per heavy atom. The Bertz CT molecular complexity index is 624. The van der Waals surface area contributed by atoms with Crippen molar-refractivity contribution in [3.63, 3.8) is 0 Å². The van der Waals surface area contributed by atoms with Gasteiger partial charge in [0.15, 0.2) is 5.96 Å². The van der Waals surface area contributed by atoms with Gasteiger partial charge in [-0.05, 0) is 0 Å². The van der Waals surface area contributed by atoms with E-state index in [-0.39, 0.29) is 28.6 Å². The molecular formula is C10H10BrN5O2S. The Kier molecular flexibility index (Phi) is 4.95. The highest BCUT2D eigenvalue weighted by atomic mass is 79.9. The van der Waals surface area contributed by atoms with Crippen LogP contribution in [-0.4, -0.2) is 15.9 Å². The molecule has 0 bridgehead atoms. The van der Waals surface area contributed by atoms with Crippen molar-refractivity contribution in [2.24, 2.45) is 16.5 Å². The molecule has 19 heavy (non-hydrogen) atoms. The molecule has 0 unspecified atom stereocenters. The van der Waals surface area contributed by atoms with E-state index in [0.29, 0.717) is 16.4 Å². The molecular weight excluding hydrogens is 334 g/mol. The van der Waals surface area contributed by atoms with E-state index in [4.69, 9.17) is 11.5 Å². The minimum Gasteiger partial charge on any atom is -0.370 e. The maximum atomic E-state index is 10.7. The molecule has 0 saturated heterocycles. The number of aliphatic imine (C=N–C) groups is 1. The summed E-state index contributed by atoms with van der Waals surface area (Å²) in [5.41, 5.74) is 11.8. The summed E-state index contributed by atoms with van der Waals surface area (Å²) < 4.78 is 0. The Morgan fingerprint density at radius 2 is 2.16 bits per heavy atom. The van der Waals surface area contributed by atoms with Crippen molar-refractivity contribution in [1.29, 1.82) is 0 Å². The predicted molar refractivity (Wildman–Crippen MR) is 80.0 cm³/mol. The molecule has 1 heterocycles. The number of guanidine groups is 1. The summed E-state index contributed by atoms with van der Waals surface area (Å²) in [6.45, 7) is 0. The SMILES string of the molecule is Br.NC(N)=Nc1nc(-c2cccc([N+](=O)[O-])c2)cs1. The van der Waals surface area contributed by atoms with Crippen LogP contribution in [0.3, 0.4) is 0 Å². The summed E-state index contributed by atoms with van der Waals surface area (Å²) >= 11 is 1.26. The predicted octanol–water partition coefficient (Wildman–Crippen LogP) is 2.20. The fourth-order valence-corrected chi connectivity index (χ4v) is 2.05. The summed E-state index contributed by atoms with van der Waals surface area (Å²) in [7, 11) is 0. The molecule has 0 fully saturated rings. The fourth-order valence-electron chi connectivity index (χ4n) is 1.34. The lowest BCUT2D eigenvalue weighted by atomic mass is 10.1. The highest BCUT2D eigenvalue weighted by molar-refractivity contribution is 8.93. The molecule has 0 aliphatic carbocycles. The van der Waals surface area contributed by atoms with Crippen LogP contribution in [0.1, 0.15) is 0 Å². The van der Waals surface area contributed by atoms with Crippen molar-refractivity contribution in [3.05, 3.63) is 39.8 Å². The van der Waals surface area contributed by atoms with Gasteiger partial charge in [-0.2, -0.15) is 4.99 Å². The van der Waals surface area contributed by atoms with Crippen molar-refractivity contribution in [3.8, 4) is 11.3 Å². The van der Waals surface area contributed by atoms with Crippen molar-refractivity contribution >= 4 is 45.1 Å². The van der Waals surface area contributed by atoms with E-state index in [1.807, 2.05) is 0 Å². The standard InChI is InChI=1S/C10H9N5O2S.BrH/c11-9(12)14-10-13-8(5-18-10)6-2-1-3-7(4-6)15(16)17;/h1-5H,(H4,11,12,13,14);1H. The lowest BCUT2D eigenvalue weighted by molar-refractivity contribution is -0.384. The minimum absolute atomic E-state index is 0. The Hall–Kier alpha value is -2.00. The average molecular weight is 344 g/mol. The van der Waals surface area contributed by atoms with E-state index >= 15 is 0 Å². The molecule has 0 aliphatic rings. The second-order valence-electron chi connectivity index (χ2n) is 3.36.